The lowest BCUT2D eigenvalue weighted by molar-refractivity contribution is -0.142. The summed E-state index contributed by atoms with van der Waals surface area (Å²) >= 11 is 0. The first-order valence-electron chi connectivity index (χ1n) is 7.53. The molecule has 3 atom stereocenters. The van der Waals surface area contributed by atoms with Crippen molar-refractivity contribution in [1.29, 1.82) is 0 Å². The molecular weight excluding hydrogens is 282 g/mol. The summed E-state index contributed by atoms with van der Waals surface area (Å²) in [6.45, 7) is 0. The number of carboxylic acid groups (broad SMARTS) is 1. The van der Waals surface area contributed by atoms with Crippen LogP contribution in [-0.2, 0) is 11.8 Å². The van der Waals surface area contributed by atoms with Crippen LogP contribution in [0.25, 0.3) is 10.9 Å². The van der Waals surface area contributed by atoms with Crippen LogP contribution in [-0.4, -0.2) is 43.5 Å². The molecule has 0 radical (unpaired) electrons. The Bertz CT molecular complexity index is 782. The molecule has 4 heterocycles. The molecular formula is C16H17N3O3. The number of hydrogen-bond donors (Lipinski definition) is 1. The van der Waals surface area contributed by atoms with Crippen LogP contribution in [0.3, 0.4) is 0 Å². The van der Waals surface area contributed by atoms with Crippen LogP contribution in [0.5, 0.6) is 0 Å². The van der Waals surface area contributed by atoms with E-state index >= 15 is 0 Å². The Morgan fingerprint density at radius 2 is 2.14 bits per heavy atom. The minimum absolute atomic E-state index is 0.0379. The van der Waals surface area contributed by atoms with E-state index in [0.717, 1.165) is 23.7 Å². The third-order valence-electron chi connectivity index (χ3n) is 5.08. The van der Waals surface area contributed by atoms with Crippen molar-refractivity contribution < 1.29 is 14.7 Å². The summed E-state index contributed by atoms with van der Waals surface area (Å²) in [5.74, 6) is -1.37. The summed E-state index contributed by atoms with van der Waals surface area (Å²) in [5, 5.41) is 10.3. The summed E-state index contributed by atoms with van der Waals surface area (Å²) in [7, 11) is 1.89. The Kier molecular flexibility index (Phi) is 2.76. The molecule has 2 aliphatic heterocycles. The zero-order chi connectivity index (χ0) is 15.4. The monoisotopic (exact) mass is 299 g/mol. The molecule has 0 aliphatic carbocycles. The summed E-state index contributed by atoms with van der Waals surface area (Å²) in [6.07, 6.45) is 5.78. The van der Waals surface area contributed by atoms with E-state index in [1.54, 1.807) is 11.1 Å². The normalized spacial score (nSPS) is 26.8. The first kappa shape index (κ1) is 13.3. The van der Waals surface area contributed by atoms with Crippen LogP contribution in [0.4, 0.5) is 0 Å². The fraction of sp³-hybridized carbons (Fsp3) is 0.438. The Hall–Kier alpha value is -2.37. The van der Waals surface area contributed by atoms with E-state index < -0.39 is 11.9 Å². The lowest BCUT2D eigenvalue weighted by Crippen LogP contribution is -2.38. The van der Waals surface area contributed by atoms with E-state index in [2.05, 4.69) is 4.98 Å². The molecule has 6 nitrogen and oxygen atoms in total. The number of carbonyl (C=O) groups excluding carboxylic acids is 1. The molecule has 1 N–H and O–H groups in total. The van der Waals surface area contributed by atoms with E-state index in [0.29, 0.717) is 12.1 Å². The van der Waals surface area contributed by atoms with E-state index in [1.807, 2.05) is 29.9 Å². The van der Waals surface area contributed by atoms with Gasteiger partial charge in [-0.25, -0.2) is 4.98 Å². The van der Waals surface area contributed by atoms with Crippen LogP contribution < -0.4 is 0 Å². The first-order valence-corrected chi connectivity index (χ1v) is 7.53. The minimum Gasteiger partial charge on any atom is -0.481 e. The number of nitrogens with zero attached hydrogens (tertiary/aromatic N) is 3. The van der Waals surface area contributed by atoms with Gasteiger partial charge in [-0.2, -0.15) is 0 Å². The van der Waals surface area contributed by atoms with E-state index in [4.69, 9.17) is 0 Å². The molecule has 2 aromatic rings. The van der Waals surface area contributed by atoms with E-state index in [9.17, 15) is 14.7 Å². The molecule has 0 spiro atoms. The molecule has 0 aromatic carbocycles. The number of amides is 1. The standard InChI is InChI=1S/C16H17N3O3/c1-18-7-5-9-4-6-17-13(14(9)18)15(20)19-10-2-3-12(19)11(8-10)16(21)22/h4-7,10-12H,2-3,8H2,1H3,(H,21,22)/t10-,11-,12+/m1/s1. The highest BCUT2D eigenvalue weighted by Gasteiger charge is 2.51. The van der Waals surface area contributed by atoms with Crippen molar-refractivity contribution in [1.82, 2.24) is 14.5 Å². The van der Waals surface area contributed by atoms with Crippen molar-refractivity contribution in [3.63, 3.8) is 0 Å². The highest BCUT2D eigenvalue weighted by molar-refractivity contribution is 6.04. The zero-order valence-electron chi connectivity index (χ0n) is 12.3. The minimum atomic E-state index is -0.796. The predicted molar refractivity (Wildman–Crippen MR) is 79.4 cm³/mol. The molecule has 6 heteroatoms. The maximum Gasteiger partial charge on any atom is 0.308 e. The molecule has 0 saturated carbocycles. The average molecular weight is 299 g/mol. The van der Waals surface area contributed by atoms with E-state index in [1.165, 1.54) is 0 Å². The number of pyridine rings is 1. The second-order valence-corrected chi connectivity index (χ2v) is 6.22. The topological polar surface area (TPSA) is 75.4 Å². The molecule has 2 bridgehead atoms. The third kappa shape index (κ3) is 1.70. The largest absolute Gasteiger partial charge is 0.481 e. The second-order valence-electron chi connectivity index (χ2n) is 6.22. The number of aryl methyl sites for hydroxylation is 1. The van der Waals surface area contributed by atoms with Gasteiger partial charge in [0.25, 0.3) is 5.91 Å². The molecule has 22 heavy (non-hydrogen) atoms. The van der Waals surface area contributed by atoms with Crippen molar-refractivity contribution in [2.75, 3.05) is 0 Å². The Balaban J connectivity index is 1.76. The van der Waals surface area contributed by atoms with Crippen molar-refractivity contribution in [2.24, 2.45) is 13.0 Å². The van der Waals surface area contributed by atoms with Gasteiger partial charge in [-0.1, -0.05) is 0 Å². The van der Waals surface area contributed by atoms with E-state index in [-0.39, 0.29) is 18.0 Å². The van der Waals surface area contributed by atoms with Gasteiger partial charge in [0, 0.05) is 36.9 Å². The number of aromatic nitrogens is 2. The van der Waals surface area contributed by atoms with Crippen LogP contribution in [0.15, 0.2) is 24.5 Å². The lowest BCUT2D eigenvalue weighted by Gasteiger charge is -2.23. The molecule has 2 aliphatic rings. The lowest BCUT2D eigenvalue weighted by atomic mass is 9.89. The molecule has 0 unspecified atom stereocenters. The smallest absolute Gasteiger partial charge is 0.308 e. The number of carbonyl (C=O) groups is 2. The Morgan fingerprint density at radius 1 is 1.32 bits per heavy atom. The average Bonchev–Trinajstić information content (AvgIpc) is 3.19. The van der Waals surface area contributed by atoms with Crippen molar-refractivity contribution in [2.45, 2.75) is 31.3 Å². The van der Waals surface area contributed by atoms with Gasteiger partial charge in [0.1, 0.15) is 0 Å². The van der Waals surface area contributed by atoms with Gasteiger partial charge < -0.3 is 14.6 Å². The molecule has 1 amide bonds. The van der Waals surface area contributed by atoms with Crippen LogP contribution in [0.1, 0.15) is 29.8 Å². The Labute approximate surface area is 127 Å². The highest BCUT2D eigenvalue weighted by Crippen LogP contribution is 2.42. The molecule has 2 fully saturated rings. The van der Waals surface area contributed by atoms with Gasteiger partial charge in [0.05, 0.1) is 11.4 Å². The zero-order valence-corrected chi connectivity index (χ0v) is 12.3. The maximum absolute atomic E-state index is 13.0. The van der Waals surface area contributed by atoms with Crippen molar-refractivity contribution >= 4 is 22.8 Å². The first-order chi connectivity index (χ1) is 10.6. The molecule has 2 aromatic heterocycles. The van der Waals surface area contributed by atoms with Gasteiger partial charge in [0.15, 0.2) is 5.69 Å². The maximum atomic E-state index is 13.0. The van der Waals surface area contributed by atoms with Crippen molar-refractivity contribution in [3.05, 3.63) is 30.2 Å². The fourth-order valence-electron chi connectivity index (χ4n) is 4.09. The predicted octanol–water partition coefficient (Wildman–Crippen LogP) is 1.65. The van der Waals surface area contributed by atoms with Gasteiger partial charge in [-0.15, -0.1) is 0 Å². The Morgan fingerprint density at radius 3 is 2.86 bits per heavy atom. The molecule has 114 valence electrons. The number of rotatable bonds is 2. The SMILES string of the molecule is Cn1ccc2ccnc(C(=O)N3[C@@H]4CC[C@H]3[C@H](C(=O)O)C4)c21. The van der Waals surface area contributed by atoms with Gasteiger partial charge in [-0.3, -0.25) is 9.59 Å². The van der Waals surface area contributed by atoms with Crippen molar-refractivity contribution in [3.8, 4) is 0 Å². The number of fused-ring (bicyclic) bond motifs is 3. The quantitative estimate of drug-likeness (QED) is 0.915. The third-order valence-corrected chi connectivity index (χ3v) is 5.08. The summed E-state index contributed by atoms with van der Waals surface area (Å²) in [5.41, 5.74) is 1.23. The second kappa shape index (κ2) is 4.56. The summed E-state index contributed by atoms with van der Waals surface area (Å²) in [4.78, 5) is 30.4. The van der Waals surface area contributed by atoms with Crippen LogP contribution >= 0.6 is 0 Å². The molecule has 2 saturated heterocycles. The summed E-state index contributed by atoms with van der Waals surface area (Å²) in [6, 6.07) is 3.68. The number of carboxylic acids is 1. The van der Waals surface area contributed by atoms with Crippen LogP contribution in [0, 0.1) is 5.92 Å². The summed E-state index contributed by atoms with van der Waals surface area (Å²) < 4.78 is 1.89. The highest BCUT2D eigenvalue weighted by atomic mass is 16.4. The van der Waals surface area contributed by atoms with Gasteiger partial charge in [0.2, 0.25) is 0 Å². The van der Waals surface area contributed by atoms with Gasteiger partial charge in [-0.05, 0) is 31.4 Å². The number of hydrogen-bond acceptors (Lipinski definition) is 3. The van der Waals surface area contributed by atoms with Gasteiger partial charge >= 0.3 is 5.97 Å². The molecule has 4 rings (SSSR count). The fourth-order valence-corrected chi connectivity index (χ4v) is 4.09. The number of aliphatic carboxylic acids is 1. The van der Waals surface area contributed by atoms with Crippen LogP contribution in [0.2, 0.25) is 0 Å².